The monoisotopic (exact) mass is 510 g/mol. The second kappa shape index (κ2) is 10.5. The molecular weight excluding hydrogens is 480 g/mol. The number of hydrogen-bond acceptors (Lipinski definition) is 5. The number of amides is 1. The summed E-state index contributed by atoms with van der Waals surface area (Å²) < 4.78 is 5.35. The zero-order valence-corrected chi connectivity index (χ0v) is 21.4. The number of nitrogens with zero attached hydrogens (tertiary/aromatic N) is 1. The van der Waals surface area contributed by atoms with Gasteiger partial charge in [-0.05, 0) is 60.2 Å². The molecule has 0 saturated heterocycles. The maximum Gasteiger partial charge on any atom is 0.303 e. The molecule has 38 heavy (non-hydrogen) atoms. The Hall–Kier alpha value is -4.39. The highest BCUT2D eigenvalue weighted by atomic mass is 16.5. The highest BCUT2D eigenvalue weighted by Gasteiger charge is 2.41. The smallest absolute Gasteiger partial charge is 0.303 e. The van der Waals surface area contributed by atoms with Gasteiger partial charge in [-0.2, -0.15) is 0 Å². The summed E-state index contributed by atoms with van der Waals surface area (Å²) in [5.41, 5.74) is 5.46. The number of aliphatic carboxylic acids is 1. The van der Waals surface area contributed by atoms with Gasteiger partial charge in [-0.3, -0.25) is 19.3 Å². The van der Waals surface area contributed by atoms with Crippen molar-refractivity contribution in [3.8, 4) is 5.75 Å². The molecule has 0 bridgehead atoms. The number of carbonyl (C=O) groups excluding carboxylic acids is 2. The van der Waals surface area contributed by atoms with E-state index in [2.05, 4.69) is 5.32 Å². The number of ether oxygens (including phenoxy) is 1. The number of carboxylic acids is 1. The third kappa shape index (κ3) is 4.92. The first kappa shape index (κ1) is 25.3. The van der Waals surface area contributed by atoms with E-state index in [1.165, 1.54) is 0 Å². The summed E-state index contributed by atoms with van der Waals surface area (Å²) in [7, 11) is 1.58. The van der Waals surface area contributed by atoms with Gasteiger partial charge < -0.3 is 15.2 Å². The van der Waals surface area contributed by atoms with Crippen LogP contribution in [0.25, 0.3) is 0 Å². The van der Waals surface area contributed by atoms with Crippen molar-refractivity contribution < 1.29 is 24.2 Å². The van der Waals surface area contributed by atoms with Crippen LogP contribution in [0.1, 0.15) is 54.3 Å². The number of anilines is 2. The number of hydrogen-bond donors (Lipinski definition) is 2. The third-order valence-electron chi connectivity index (χ3n) is 7.26. The summed E-state index contributed by atoms with van der Waals surface area (Å²) in [6.07, 6.45) is 0.458. The van der Waals surface area contributed by atoms with Crippen LogP contribution in [0.5, 0.6) is 5.75 Å². The molecule has 2 aliphatic rings. The Morgan fingerprint density at radius 2 is 1.71 bits per heavy atom. The van der Waals surface area contributed by atoms with Gasteiger partial charge in [0.15, 0.2) is 5.78 Å². The van der Waals surface area contributed by atoms with Crippen LogP contribution in [0.3, 0.4) is 0 Å². The molecule has 0 radical (unpaired) electrons. The summed E-state index contributed by atoms with van der Waals surface area (Å²) in [4.78, 5) is 40.7. The number of carboxylic acid groups (broad SMARTS) is 1. The maximum absolute atomic E-state index is 14.0. The zero-order valence-electron chi connectivity index (χ0n) is 21.4. The Morgan fingerprint density at radius 1 is 0.974 bits per heavy atom. The van der Waals surface area contributed by atoms with Crippen LogP contribution >= 0.6 is 0 Å². The van der Waals surface area contributed by atoms with Crippen molar-refractivity contribution in [2.75, 3.05) is 17.3 Å². The predicted molar refractivity (Wildman–Crippen MR) is 145 cm³/mol. The minimum Gasteiger partial charge on any atom is -0.497 e. The lowest BCUT2D eigenvalue weighted by Crippen LogP contribution is -2.38. The quantitative estimate of drug-likeness (QED) is 0.437. The van der Waals surface area contributed by atoms with E-state index in [1.54, 1.807) is 12.0 Å². The number of Topliss-reactive ketones (excluding diaryl/α,β-unsaturated/α-hetero) is 1. The number of fused-ring (bicyclic) bond motifs is 1. The number of benzene rings is 3. The normalized spacial score (nSPS) is 18.7. The van der Waals surface area contributed by atoms with Crippen molar-refractivity contribution in [3.63, 3.8) is 0 Å². The van der Waals surface area contributed by atoms with Crippen LogP contribution in [0.2, 0.25) is 0 Å². The van der Waals surface area contributed by atoms with E-state index < -0.39 is 12.0 Å². The Kier molecular flexibility index (Phi) is 7.01. The predicted octanol–water partition coefficient (Wildman–Crippen LogP) is 5.77. The minimum atomic E-state index is -1.05. The van der Waals surface area contributed by atoms with Crippen LogP contribution in [-0.2, 0) is 14.4 Å². The Balaban J connectivity index is 1.70. The number of ketones is 1. The van der Waals surface area contributed by atoms with Gasteiger partial charge in [0.2, 0.25) is 5.91 Å². The van der Waals surface area contributed by atoms with Gasteiger partial charge >= 0.3 is 5.97 Å². The van der Waals surface area contributed by atoms with E-state index in [4.69, 9.17) is 4.74 Å². The number of methoxy groups -OCH3 is 1. The molecule has 1 aliphatic heterocycles. The first-order valence-corrected chi connectivity index (χ1v) is 12.7. The largest absolute Gasteiger partial charge is 0.497 e. The summed E-state index contributed by atoms with van der Waals surface area (Å²) in [5, 5.41) is 12.8. The topological polar surface area (TPSA) is 95.9 Å². The molecule has 7 nitrogen and oxygen atoms in total. The third-order valence-corrected chi connectivity index (χ3v) is 7.26. The van der Waals surface area contributed by atoms with Crippen molar-refractivity contribution in [2.45, 2.75) is 44.6 Å². The molecule has 3 aromatic carbocycles. The van der Waals surface area contributed by atoms with Crippen LogP contribution in [0.15, 0.2) is 84.1 Å². The fourth-order valence-electron chi connectivity index (χ4n) is 5.42. The van der Waals surface area contributed by atoms with Crippen LogP contribution in [0.4, 0.5) is 11.4 Å². The first-order chi connectivity index (χ1) is 18.4. The van der Waals surface area contributed by atoms with Gasteiger partial charge in [0.25, 0.3) is 0 Å². The molecule has 0 unspecified atom stereocenters. The summed E-state index contributed by atoms with van der Waals surface area (Å²) in [5.74, 6) is -0.762. The fraction of sp³-hybridized carbons (Fsp3) is 0.258. The van der Waals surface area contributed by atoms with E-state index in [0.717, 1.165) is 22.4 Å². The van der Waals surface area contributed by atoms with Crippen molar-refractivity contribution in [1.82, 2.24) is 0 Å². The van der Waals surface area contributed by atoms with Crippen LogP contribution in [0, 0.1) is 6.92 Å². The Morgan fingerprint density at radius 3 is 2.39 bits per heavy atom. The van der Waals surface area contributed by atoms with E-state index in [9.17, 15) is 19.5 Å². The number of allylic oxidation sites excluding steroid dienone is 1. The van der Waals surface area contributed by atoms with Crippen LogP contribution in [-0.4, -0.2) is 29.9 Å². The summed E-state index contributed by atoms with van der Waals surface area (Å²) >= 11 is 0. The van der Waals surface area contributed by atoms with E-state index in [-0.39, 0.29) is 30.4 Å². The van der Waals surface area contributed by atoms with Gasteiger partial charge in [-0.25, -0.2) is 0 Å². The van der Waals surface area contributed by atoms with E-state index >= 15 is 0 Å². The first-order valence-electron chi connectivity index (χ1n) is 12.7. The fourth-order valence-corrected chi connectivity index (χ4v) is 5.42. The molecule has 1 aliphatic carbocycles. The van der Waals surface area contributed by atoms with Gasteiger partial charge in [0, 0.05) is 24.1 Å². The van der Waals surface area contributed by atoms with Gasteiger partial charge in [0.1, 0.15) is 5.75 Å². The molecule has 1 amide bonds. The van der Waals surface area contributed by atoms with Crippen molar-refractivity contribution in [3.05, 3.63) is 101 Å². The molecule has 0 aromatic heterocycles. The molecule has 0 saturated carbocycles. The molecule has 0 spiro atoms. The van der Waals surface area contributed by atoms with Gasteiger partial charge in [0.05, 0.1) is 30.9 Å². The summed E-state index contributed by atoms with van der Waals surface area (Å²) in [6.45, 7) is 1.94. The SMILES string of the molecule is COc1ccc([C@@H]2C3=C(C[C@@H](c4ccccc4)CC3=O)Nc3ccc(C)cc3N2C(=O)CCC(=O)O)cc1. The van der Waals surface area contributed by atoms with Crippen molar-refractivity contribution >= 4 is 29.0 Å². The van der Waals surface area contributed by atoms with Crippen molar-refractivity contribution in [2.24, 2.45) is 0 Å². The van der Waals surface area contributed by atoms with Crippen molar-refractivity contribution in [1.29, 1.82) is 0 Å². The van der Waals surface area contributed by atoms with E-state index in [1.807, 2.05) is 79.7 Å². The Labute approximate surface area is 221 Å². The number of nitrogens with one attached hydrogen (secondary N) is 1. The Bertz CT molecular complexity index is 1410. The molecule has 194 valence electrons. The molecule has 7 heteroatoms. The molecule has 3 aromatic rings. The molecular formula is C31H30N2O5. The van der Waals surface area contributed by atoms with Gasteiger partial charge in [-0.1, -0.05) is 48.5 Å². The number of rotatable bonds is 6. The molecule has 1 heterocycles. The average Bonchev–Trinajstić information content (AvgIpc) is 3.06. The van der Waals surface area contributed by atoms with Crippen LogP contribution < -0.4 is 15.0 Å². The second-order valence-corrected chi connectivity index (χ2v) is 9.81. The van der Waals surface area contributed by atoms with E-state index in [0.29, 0.717) is 35.5 Å². The lowest BCUT2D eigenvalue weighted by atomic mass is 9.78. The lowest BCUT2D eigenvalue weighted by molar-refractivity contribution is -0.138. The summed E-state index contributed by atoms with van der Waals surface area (Å²) in [6, 6.07) is 22.4. The zero-order chi connectivity index (χ0) is 26.8. The molecule has 0 fully saturated rings. The standard InChI is InChI=1S/C31H30N2O5/c1-19-8-13-24-26(16-19)33(28(35)14-15-29(36)37)31(21-9-11-23(38-2)12-10-21)30-25(32-24)17-22(18-27(30)34)20-6-4-3-5-7-20/h3-13,16,22,31-32H,14-15,17-18H2,1-2H3,(H,36,37)/t22-,31-/m1/s1. The molecule has 5 rings (SSSR count). The average molecular weight is 511 g/mol. The number of carbonyl (C=O) groups is 3. The second-order valence-electron chi connectivity index (χ2n) is 9.81. The van der Waals surface area contributed by atoms with Gasteiger partial charge in [-0.15, -0.1) is 0 Å². The minimum absolute atomic E-state index is 0.00891. The maximum atomic E-state index is 14.0. The lowest BCUT2D eigenvalue weighted by Gasteiger charge is -2.35. The number of aryl methyl sites for hydroxylation is 1. The highest BCUT2D eigenvalue weighted by Crippen LogP contribution is 2.48. The molecule has 2 N–H and O–H groups in total. The molecule has 2 atom stereocenters. The highest BCUT2D eigenvalue weighted by molar-refractivity contribution is 6.06.